The van der Waals surface area contributed by atoms with Gasteiger partial charge in [0.25, 0.3) is 5.56 Å². The highest BCUT2D eigenvalue weighted by atomic mass is 35.5. The monoisotopic (exact) mass is 382 g/mol. The van der Waals surface area contributed by atoms with Crippen LogP contribution in [0.3, 0.4) is 0 Å². The minimum absolute atomic E-state index is 0.241. The third-order valence-corrected chi connectivity index (χ3v) is 4.77. The van der Waals surface area contributed by atoms with Crippen molar-refractivity contribution in [2.24, 2.45) is 4.99 Å². The number of pyridine rings is 1. The van der Waals surface area contributed by atoms with Crippen LogP contribution in [0.15, 0.2) is 63.8 Å². The highest BCUT2D eigenvalue weighted by Crippen LogP contribution is 2.29. The SMILES string of the molecule is O=c1c2ccccc2c(C=Nc2nncs2)c(O)n1-c1ccccc1Cl. The van der Waals surface area contributed by atoms with Gasteiger partial charge in [-0.2, -0.15) is 0 Å². The summed E-state index contributed by atoms with van der Waals surface area (Å²) in [6.07, 6.45) is 1.48. The van der Waals surface area contributed by atoms with Crippen LogP contribution in [0.2, 0.25) is 5.02 Å². The fourth-order valence-corrected chi connectivity index (χ4v) is 3.31. The van der Waals surface area contributed by atoms with Gasteiger partial charge in [-0.1, -0.05) is 53.3 Å². The molecule has 8 heteroatoms. The van der Waals surface area contributed by atoms with Crippen molar-refractivity contribution in [2.45, 2.75) is 0 Å². The summed E-state index contributed by atoms with van der Waals surface area (Å²) in [5.74, 6) is -0.241. The lowest BCUT2D eigenvalue weighted by atomic mass is 10.1. The third kappa shape index (κ3) is 2.77. The fourth-order valence-electron chi connectivity index (χ4n) is 2.69. The number of rotatable bonds is 3. The molecule has 2 aromatic heterocycles. The molecule has 26 heavy (non-hydrogen) atoms. The average Bonchev–Trinajstić information content (AvgIpc) is 3.17. The molecule has 6 nitrogen and oxygen atoms in total. The summed E-state index contributed by atoms with van der Waals surface area (Å²) in [5.41, 5.74) is 2.00. The van der Waals surface area contributed by atoms with E-state index in [1.54, 1.807) is 54.0 Å². The summed E-state index contributed by atoms with van der Waals surface area (Å²) >= 11 is 7.51. The molecule has 2 heterocycles. The first kappa shape index (κ1) is 16.4. The maximum atomic E-state index is 13.0. The molecule has 0 saturated carbocycles. The van der Waals surface area contributed by atoms with Crippen LogP contribution in [-0.4, -0.2) is 26.1 Å². The molecule has 4 rings (SSSR count). The number of hydrogen-bond donors (Lipinski definition) is 1. The normalized spacial score (nSPS) is 11.4. The molecule has 4 aromatic rings. The minimum Gasteiger partial charge on any atom is -0.494 e. The van der Waals surface area contributed by atoms with Gasteiger partial charge in [-0.25, -0.2) is 9.56 Å². The smallest absolute Gasteiger partial charge is 0.265 e. The molecule has 0 saturated heterocycles. The van der Waals surface area contributed by atoms with Crippen LogP contribution in [0, 0.1) is 0 Å². The van der Waals surface area contributed by atoms with E-state index >= 15 is 0 Å². The van der Waals surface area contributed by atoms with Crippen LogP contribution < -0.4 is 5.56 Å². The van der Waals surface area contributed by atoms with Crippen molar-refractivity contribution in [1.82, 2.24) is 14.8 Å². The molecule has 128 valence electrons. The molecule has 0 aliphatic carbocycles. The number of nitrogens with zero attached hydrogens (tertiary/aromatic N) is 4. The minimum atomic E-state index is -0.362. The van der Waals surface area contributed by atoms with Crippen molar-refractivity contribution in [3.8, 4) is 11.6 Å². The van der Waals surface area contributed by atoms with Gasteiger partial charge >= 0.3 is 0 Å². The standard InChI is InChI=1S/C18H11ClN4O2S/c19-14-7-3-4-8-15(14)23-16(24)12-6-2-1-5-11(12)13(17(23)25)9-20-18-22-21-10-26-18/h1-10,25H. The Labute approximate surface area is 156 Å². The van der Waals surface area contributed by atoms with Gasteiger partial charge in [0.2, 0.25) is 11.0 Å². The molecular weight excluding hydrogens is 372 g/mol. The molecule has 2 aromatic carbocycles. The number of halogens is 1. The molecular formula is C18H11ClN4O2S. The second-order valence-corrected chi connectivity index (χ2v) is 6.57. The average molecular weight is 383 g/mol. The van der Waals surface area contributed by atoms with Gasteiger partial charge in [0.15, 0.2) is 0 Å². The van der Waals surface area contributed by atoms with E-state index in [4.69, 9.17) is 11.6 Å². The first-order chi connectivity index (χ1) is 12.7. The van der Waals surface area contributed by atoms with Gasteiger partial charge in [-0.15, -0.1) is 10.2 Å². The molecule has 1 N–H and O–H groups in total. The van der Waals surface area contributed by atoms with Gasteiger partial charge in [0.1, 0.15) is 5.51 Å². The van der Waals surface area contributed by atoms with Crippen LogP contribution in [-0.2, 0) is 0 Å². The van der Waals surface area contributed by atoms with Crippen molar-refractivity contribution in [3.05, 3.63) is 75.0 Å². The molecule has 0 amide bonds. The van der Waals surface area contributed by atoms with E-state index in [1.807, 2.05) is 0 Å². The molecule has 0 fully saturated rings. The summed E-state index contributed by atoms with van der Waals surface area (Å²) in [7, 11) is 0. The van der Waals surface area contributed by atoms with E-state index in [9.17, 15) is 9.90 Å². The Hall–Kier alpha value is -3.03. The van der Waals surface area contributed by atoms with E-state index in [-0.39, 0.29) is 11.4 Å². The molecule has 0 aliphatic heterocycles. The Morgan fingerprint density at radius 3 is 2.58 bits per heavy atom. The first-order valence-electron chi connectivity index (χ1n) is 7.58. The van der Waals surface area contributed by atoms with E-state index in [0.717, 1.165) is 0 Å². The number of aromatic hydroxyl groups is 1. The summed E-state index contributed by atoms with van der Waals surface area (Å²) < 4.78 is 1.19. The maximum Gasteiger partial charge on any atom is 0.265 e. The predicted molar refractivity (Wildman–Crippen MR) is 103 cm³/mol. The van der Waals surface area contributed by atoms with Crippen LogP contribution >= 0.6 is 22.9 Å². The summed E-state index contributed by atoms with van der Waals surface area (Å²) in [5, 5.41) is 20.3. The van der Waals surface area contributed by atoms with Gasteiger partial charge in [-0.3, -0.25) is 4.79 Å². The third-order valence-electron chi connectivity index (χ3n) is 3.85. The molecule has 0 aliphatic rings. The molecule has 0 radical (unpaired) electrons. The lowest BCUT2D eigenvalue weighted by Gasteiger charge is -2.14. The van der Waals surface area contributed by atoms with Crippen molar-refractivity contribution in [3.63, 3.8) is 0 Å². The van der Waals surface area contributed by atoms with Crippen molar-refractivity contribution in [1.29, 1.82) is 0 Å². The quantitative estimate of drug-likeness (QED) is 0.544. The Kier molecular flexibility index (Phi) is 4.24. The van der Waals surface area contributed by atoms with Crippen molar-refractivity contribution < 1.29 is 5.11 Å². The number of hydrogen-bond acceptors (Lipinski definition) is 6. The topological polar surface area (TPSA) is 80.4 Å². The number of benzene rings is 2. The number of fused-ring (bicyclic) bond motifs is 1. The van der Waals surface area contributed by atoms with Crippen LogP contribution in [0.25, 0.3) is 16.5 Å². The van der Waals surface area contributed by atoms with E-state index in [2.05, 4.69) is 15.2 Å². The maximum absolute atomic E-state index is 13.0. The zero-order valence-corrected chi connectivity index (χ0v) is 14.8. The second kappa shape index (κ2) is 6.70. The molecule has 0 unspecified atom stereocenters. The number of aliphatic imine (C=N–C) groups is 1. The van der Waals surface area contributed by atoms with Gasteiger partial charge in [0, 0.05) is 17.0 Å². The van der Waals surface area contributed by atoms with Gasteiger partial charge in [-0.05, 0) is 18.2 Å². The van der Waals surface area contributed by atoms with Gasteiger partial charge in [0.05, 0.1) is 16.3 Å². The zero-order chi connectivity index (χ0) is 18.1. The lowest BCUT2D eigenvalue weighted by Crippen LogP contribution is -2.20. The van der Waals surface area contributed by atoms with Crippen LogP contribution in [0.5, 0.6) is 5.88 Å². The summed E-state index contributed by atoms with van der Waals surface area (Å²) in [6.45, 7) is 0. The molecule has 0 bridgehead atoms. The van der Waals surface area contributed by atoms with Crippen LogP contribution in [0.1, 0.15) is 5.56 Å². The van der Waals surface area contributed by atoms with E-state index < -0.39 is 0 Å². The van der Waals surface area contributed by atoms with Crippen LogP contribution in [0.4, 0.5) is 5.13 Å². The van der Waals surface area contributed by atoms with Crippen molar-refractivity contribution in [2.75, 3.05) is 0 Å². The van der Waals surface area contributed by atoms with Crippen molar-refractivity contribution >= 4 is 45.1 Å². The zero-order valence-electron chi connectivity index (χ0n) is 13.2. The number of para-hydroxylation sites is 1. The largest absolute Gasteiger partial charge is 0.494 e. The van der Waals surface area contributed by atoms with Gasteiger partial charge < -0.3 is 5.11 Å². The van der Waals surface area contributed by atoms with E-state index in [1.165, 1.54) is 22.1 Å². The first-order valence-corrected chi connectivity index (χ1v) is 8.84. The highest BCUT2D eigenvalue weighted by Gasteiger charge is 2.17. The number of aromatic nitrogens is 3. The Bertz CT molecular complexity index is 1190. The summed E-state index contributed by atoms with van der Waals surface area (Å²) in [4.78, 5) is 17.2. The van der Waals surface area contributed by atoms with E-state index in [0.29, 0.717) is 32.2 Å². The summed E-state index contributed by atoms with van der Waals surface area (Å²) in [6, 6.07) is 13.9. The second-order valence-electron chi connectivity index (χ2n) is 5.35. The molecule has 0 spiro atoms. The Balaban J connectivity index is 2.05. The molecule has 0 atom stereocenters. The lowest BCUT2D eigenvalue weighted by molar-refractivity contribution is 0.436. The highest BCUT2D eigenvalue weighted by molar-refractivity contribution is 7.13. The Morgan fingerprint density at radius 1 is 1.12 bits per heavy atom. The Morgan fingerprint density at radius 2 is 1.85 bits per heavy atom. The predicted octanol–water partition coefficient (Wildman–Crippen LogP) is 3.95. The fraction of sp³-hybridized carbons (Fsp3) is 0.